The maximum Gasteiger partial charge on any atom is 0.282 e. The molecule has 1 atom stereocenters. The predicted octanol–water partition coefficient (Wildman–Crippen LogP) is 1.11. The van der Waals surface area contributed by atoms with Crippen molar-refractivity contribution in [2.45, 2.75) is 17.9 Å². The highest BCUT2D eigenvalue weighted by Crippen LogP contribution is 2.32. The Morgan fingerprint density at radius 2 is 1.61 bits per heavy atom. The Labute approximate surface area is 189 Å². The van der Waals surface area contributed by atoms with Gasteiger partial charge in [-0.2, -0.15) is 4.31 Å². The SMILES string of the molecule is C[C@@H](C(=O)N1CCN(S(=O)(=O)c2ccccc2)CC1)N1C(=O)c2cccc([N+](=O)[O-])c2C1=O. The van der Waals surface area contributed by atoms with Gasteiger partial charge < -0.3 is 4.90 Å². The molecular formula is C21H20N4O7S. The molecule has 2 heterocycles. The van der Waals surface area contributed by atoms with E-state index < -0.39 is 44.4 Å². The summed E-state index contributed by atoms with van der Waals surface area (Å²) in [4.78, 5) is 51.5. The van der Waals surface area contributed by atoms with E-state index in [0.29, 0.717) is 0 Å². The topological polar surface area (TPSA) is 138 Å². The number of nitro benzene ring substituents is 1. The second kappa shape index (κ2) is 8.37. The third kappa shape index (κ3) is 3.76. The molecule has 0 aliphatic carbocycles. The van der Waals surface area contributed by atoms with E-state index in [4.69, 9.17) is 0 Å². The molecule has 3 amide bonds. The number of fused-ring (bicyclic) bond motifs is 1. The van der Waals surface area contributed by atoms with E-state index in [-0.39, 0.29) is 42.2 Å². The standard InChI is InChI=1S/C21H20N4O7S/c1-14(24-20(27)16-8-5-9-17(25(29)30)18(16)21(24)28)19(26)22-10-12-23(13-11-22)33(31,32)15-6-3-2-4-7-15/h2-9,14H,10-13H2,1H3/t14-/m0/s1. The van der Waals surface area contributed by atoms with Gasteiger partial charge in [-0.25, -0.2) is 8.42 Å². The Hall–Kier alpha value is -3.64. The van der Waals surface area contributed by atoms with Crippen molar-refractivity contribution >= 4 is 33.4 Å². The highest BCUT2D eigenvalue weighted by molar-refractivity contribution is 7.89. The van der Waals surface area contributed by atoms with Crippen molar-refractivity contribution < 1.29 is 27.7 Å². The van der Waals surface area contributed by atoms with Crippen LogP contribution in [0.15, 0.2) is 53.4 Å². The van der Waals surface area contributed by atoms with Gasteiger partial charge in [0.05, 0.1) is 15.4 Å². The Bertz CT molecular complexity index is 1250. The van der Waals surface area contributed by atoms with Crippen LogP contribution in [0.5, 0.6) is 0 Å². The summed E-state index contributed by atoms with van der Waals surface area (Å²) in [7, 11) is -3.70. The van der Waals surface area contributed by atoms with Gasteiger partial charge in [0.25, 0.3) is 17.5 Å². The van der Waals surface area contributed by atoms with Crippen molar-refractivity contribution in [1.82, 2.24) is 14.1 Å². The zero-order valence-corrected chi connectivity index (χ0v) is 18.4. The zero-order chi connectivity index (χ0) is 23.9. The molecule has 4 rings (SSSR count). The molecule has 2 aliphatic heterocycles. The molecule has 0 bridgehead atoms. The van der Waals surface area contributed by atoms with Crippen molar-refractivity contribution in [3.05, 3.63) is 69.8 Å². The number of amides is 3. The average molecular weight is 472 g/mol. The largest absolute Gasteiger partial charge is 0.338 e. The van der Waals surface area contributed by atoms with Gasteiger partial charge in [-0.05, 0) is 25.1 Å². The van der Waals surface area contributed by atoms with Gasteiger partial charge in [-0.15, -0.1) is 0 Å². The summed E-state index contributed by atoms with van der Waals surface area (Å²) in [5.41, 5.74) is -0.939. The predicted molar refractivity (Wildman–Crippen MR) is 115 cm³/mol. The molecule has 2 aromatic rings. The number of nitro groups is 1. The van der Waals surface area contributed by atoms with E-state index in [1.807, 2.05) is 0 Å². The Kier molecular flexibility index (Phi) is 5.72. The summed E-state index contributed by atoms with van der Waals surface area (Å²) >= 11 is 0. The minimum atomic E-state index is -3.70. The quantitative estimate of drug-likeness (QED) is 0.361. The summed E-state index contributed by atoms with van der Waals surface area (Å²) < 4.78 is 26.8. The van der Waals surface area contributed by atoms with Crippen LogP contribution in [0.1, 0.15) is 27.6 Å². The number of rotatable bonds is 5. The molecule has 2 aromatic carbocycles. The van der Waals surface area contributed by atoms with Crippen LogP contribution in [0.3, 0.4) is 0 Å². The van der Waals surface area contributed by atoms with Crippen molar-refractivity contribution in [3.8, 4) is 0 Å². The van der Waals surface area contributed by atoms with Crippen LogP contribution in [0.2, 0.25) is 0 Å². The summed E-state index contributed by atoms with van der Waals surface area (Å²) in [6.45, 7) is 1.66. The molecule has 0 saturated carbocycles. The molecule has 0 spiro atoms. The van der Waals surface area contributed by atoms with Gasteiger partial charge >= 0.3 is 0 Å². The van der Waals surface area contributed by atoms with Gasteiger partial charge in [0, 0.05) is 32.2 Å². The normalized spacial score (nSPS) is 17.7. The molecule has 0 aromatic heterocycles. The van der Waals surface area contributed by atoms with E-state index in [2.05, 4.69) is 0 Å². The van der Waals surface area contributed by atoms with E-state index in [1.165, 1.54) is 40.4 Å². The third-order valence-corrected chi connectivity index (χ3v) is 7.71. The number of carbonyl (C=O) groups excluding carboxylic acids is 3. The van der Waals surface area contributed by atoms with Crippen molar-refractivity contribution in [1.29, 1.82) is 0 Å². The van der Waals surface area contributed by atoms with Crippen LogP contribution >= 0.6 is 0 Å². The first-order valence-electron chi connectivity index (χ1n) is 10.1. The molecule has 0 radical (unpaired) electrons. The fourth-order valence-corrected chi connectivity index (χ4v) is 5.50. The smallest absolute Gasteiger partial charge is 0.282 e. The second-order valence-corrected chi connectivity index (χ2v) is 9.59. The Balaban J connectivity index is 1.48. The minimum Gasteiger partial charge on any atom is -0.338 e. The molecule has 33 heavy (non-hydrogen) atoms. The van der Waals surface area contributed by atoms with Gasteiger partial charge in [-0.3, -0.25) is 29.4 Å². The second-order valence-electron chi connectivity index (χ2n) is 7.66. The number of hydrogen-bond donors (Lipinski definition) is 0. The van der Waals surface area contributed by atoms with E-state index in [9.17, 15) is 32.9 Å². The summed E-state index contributed by atoms with van der Waals surface area (Å²) in [5.74, 6) is -2.21. The Morgan fingerprint density at radius 1 is 0.970 bits per heavy atom. The number of hydrogen-bond acceptors (Lipinski definition) is 7. The maximum atomic E-state index is 13.1. The molecule has 1 saturated heterocycles. The summed E-state index contributed by atoms with van der Waals surface area (Å²) in [5, 5.41) is 11.3. The number of nitrogens with zero attached hydrogens (tertiary/aromatic N) is 4. The number of imide groups is 1. The number of piperazine rings is 1. The zero-order valence-electron chi connectivity index (χ0n) is 17.6. The van der Waals surface area contributed by atoms with Crippen LogP contribution in [0.25, 0.3) is 0 Å². The Morgan fingerprint density at radius 3 is 2.21 bits per heavy atom. The lowest BCUT2D eigenvalue weighted by Crippen LogP contribution is -2.55. The van der Waals surface area contributed by atoms with Crippen molar-refractivity contribution in [2.75, 3.05) is 26.2 Å². The molecule has 172 valence electrons. The van der Waals surface area contributed by atoms with Crippen LogP contribution in [0.4, 0.5) is 5.69 Å². The van der Waals surface area contributed by atoms with Gasteiger partial charge in [-0.1, -0.05) is 24.3 Å². The van der Waals surface area contributed by atoms with E-state index in [1.54, 1.807) is 18.2 Å². The fourth-order valence-electron chi connectivity index (χ4n) is 4.05. The lowest BCUT2D eigenvalue weighted by molar-refractivity contribution is -0.385. The van der Waals surface area contributed by atoms with Gasteiger partial charge in [0.15, 0.2) is 0 Å². The highest BCUT2D eigenvalue weighted by Gasteiger charge is 2.46. The van der Waals surface area contributed by atoms with E-state index >= 15 is 0 Å². The number of sulfonamides is 1. The molecule has 12 heteroatoms. The molecule has 0 unspecified atom stereocenters. The molecule has 0 N–H and O–H groups in total. The van der Waals surface area contributed by atoms with Gasteiger partial charge in [0.2, 0.25) is 15.9 Å². The third-order valence-electron chi connectivity index (χ3n) is 5.80. The lowest BCUT2D eigenvalue weighted by Gasteiger charge is -2.36. The molecule has 1 fully saturated rings. The van der Waals surface area contributed by atoms with Crippen LogP contribution in [-0.2, 0) is 14.8 Å². The van der Waals surface area contributed by atoms with Crippen LogP contribution in [-0.4, -0.2) is 77.4 Å². The van der Waals surface area contributed by atoms with E-state index in [0.717, 1.165) is 11.0 Å². The maximum absolute atomic E-state index is 13.1. The summed E-state index contributed by atoms with van der Waals surface area (Å²) in [6.07, 6.45) is 0. The molecule has 11 nitrogen and oxygen atoms in total. The monoisotopic (exact) mass is 472 g/mol. The first kappa shape index (κ1) is 22.6. The minimum absolute atomic E-state index is 0.0588. The number of benzene rings is 2. The highest BCUT2D eigenvalue weighted by atomic mass is 32.2. The molecular weight excluding hydrogens is 452 g/mol. The first-order chi connectivity index (χ1) is 15.6. The molecule has 2 aliphatic rings. The fraction of sp³-hybridized carbons (Fsp3) is 0.286. The lowest BCUT2D eigenvalue weighted by atomic mass is 10.1. The van der Waals surface area contributed by atoms with Gasteiger partial charge in [0.1, 0.15) is 11.6 Å². The van der Waals surface area contributed by atoms with Crippen LogP contribution < -0.4 is 0 Å². The van der Waals surface area contributed by atoms with Crippen molar-refractivity contribution in [2.24, 2.45) is 0 Å². The number of carbonyl (C=O) groups is 3. The first-order valence-corrected chi connectivity index (χ1v) is 11.6. The van der Waals surface area contributed by atoms with Crippen LogP contribution in [0, 0.1) is 10.1 Å². The van der Waals surface area contributed by atoms with Crippen molar-refractivity contribution in [3.63, 3.8) is 0 Å². The average Bonchev–Trinajstić information content (AvgIpc) is 3.08. The summed E-state index contributed by atoms with van der Waals surface area (Å²) in [6, 6.07) is 10.5.